The van der Waals surface area contributed by atoms with Crippen LogP contribution in [-0.4, -0.2) is 37.8 Å². The van der Waals surface area contributed by atoms with Crippen molar-refractivity contribution in [3.63, 3.8) is 0 Å². The Morgan fingerprint density at radius 1 is 1.32 bits per heavy atom. The highest BCUT2D eigenvalue weighted by molar-refractivity contribution is 7.17. The number of carbonyl (C=O) groups excluding carboxylic acids is 2. The Bertz CT molecular complexity index is 1120. The molecule has 2 amide bonds. The van der Waals surface area contributed by atoms with Crippen LogP contribution >= 0.6 is 11.3 Å². The number of fused-ring (bicyclic) bond motifs is 3. The van der Waals surface area contributed by atoms with Crippen LogP contribution in [0.4, 0.5) is 0 Å². The van der Waals surface area contributed by atoms with E-state index in [1.165, 1.54) is 6.42 Å². The van der Waals surface area contributed by atoms with Crippen LogP contribution < -0.4 is 5.32 Å². The molecule has 3 atom stereocenters. The highest BCUT2D eigenvalue weighted by atomic mass is 32.1. The molecular weight excluding hydrogens is 408 g/mol. The predicted molar refractivity (Wildman–Crippen MR) is 122 cm³/mol. The zero-order chi connectivity index (χ0) is 21.6. The molecule has 0 spiro atoms. The molecule has 162 valence electrons. The van der Waals surface area contributed by atoms with Crippen molar-refractivity contribution in [1.29, 1.82) is 0 Å². The Kier molecular flexibility index (Phi) is 5.08. The zero-order valence-electron chi connectivity index (χ0n) is 18.0. The third-order valence-corrected chi connectivity index (χ3v) is 7.88. The molecule has 3 aromatic heterocycles. The van der Waals surface area contributed by atoms with Crippen molar-refractivity contribution in [2.45, 2.75) is 64.2 Å². The Morgan fingerprint density at radius 2 is 2.16 bits per heavy atom. The van der Waals surface area contributed by atoms with Gasteiger partial charge in [0.2, 0.25) is 5.91 Å². The summed E-state index contributed by atoms with van der Waals surface area (Å²) in [6.45, 7) is 4.92. The van der Waals surface area contributed by atoms with Crippen molar-refractivity contribution in [2.75, 3.05) is 0 Å². The van der Waals surface area contributed by atoms with E-state index < -0.39 is 5.54 Å². The van der Waals surface area contributed by atoms with Crippen LogP contribution in [0.3, 0.4) is 0 Å². The van der Waals surface area contributed by atoms with Crippen LogP contribution in [0.1, 0.15) is 55.6 Å². The van der Waals surface area contributed by atoms with Gasteiger partial charge in [0, 0.05) is 25.0 Å². The van der Waals surface area contributed by atoms with Gasteiger partial charge in [0.05, 0.1) is 16.8 Å². The van der Waals surface area contributed by atoms with Crippen molar-refractivity contribution in [2.24, 2.45) is 5.92 Å². The molecule has 1 aliphatic carbocycles. The third kappa shape index (κ3) is 3.45. The molecule has 0 saturated heterocycles. The van der Waals surface area contributed by atoms with Crippen molar-refractivity contribution >= 4 is 33.4 Å². The summed E-state index contributed by atoms with van der Waals surface area (Å²) in [5, 5.41) is 5.35. The molecule has 2 aliphatic rings. The highest BCUT2D eigenvalue weighted by Crippen LogP contribution is 2.35. The van der Waals surface area contributed by atoms with Gasteiger partial charge in [0.15, 0.2) is 0 Å². The van der Waals surface area contributed by atoms with Crippen LogP contribution in [-0.2, 0) is 17.9 Å². The lowest BCUT2D eigenvalue weighted by Gasteiger charge is -2.45. The maximum Gasteiger partial charge on any atom is 0.271 e. The topological polar surface area (TPSA) is 67.2 Å². The number of rotatable bonds is 4. The van der Waals surface area contributed by atoms with Crippen LogP contribution in [0.2, 0.25) is 0 Å². The van der Waals surface area contributed by atoms with E-state index in [4.69, 9.17) is 0 Å². The number of nitrogens with one attached hydrogen (secondary N) is 1. The van der Waals surface area contributed by atoms with Gasteiger partial charge in [-0.05, 0) is 54.8 Å². The second-order valence-electron chi connectivity index (χ2n) is 9.15. The SMILES string of the molecule is C[C@@H]1CCCC[C@H]1NC(=O)[C@]1(C)Cn2c(cc3sccc32)C(=O)N1Cc1cccnc1. The van der Waals surface area contributed by atoms with E-state index in [9.17, 15) is 9.59 Å². The van der Waals surface area contributed by atoms with Crippen molar-refractivity contribution in [3.05, 3.63) is 53.3 Å². The van der Waals surface area contributed by atoms with E-state index in [0.717, 1.165) is 35.0 Å². The molecule has 6 nitrogen and oxygen atoms in total. The molecular formula is C24H28N4O2S. The van der Waals surface area contributed by atoms with Gasteiger partial charge in [-0.3, -0.25) is 14.6 Å². The summed E-state index contributed by atoms with van der Waals surface area (Å²) in [6.07, 6.45) is 7.99. The number of hydrogen-bond donors (Lipinski definition) is 1. The fourth-order valence-corrected chi connectivity index (χ4v) is 5.87. The molecule has 1 saturated carbocycles. The van der Waals surface area contributed by atoms with E-state index in [1.54, 1.807) is 28.6 Å². The summed E-state index contributed by atoms with van der Waals surface area (Å²) >= 11 is 1.62. The van der Waals surface area contributed by atoms with Crippen molar-refractivity contribution < 1.29 is 9.59 Å². The first-order chi connectivity index (χ1) is 15.0. The molecule has 0 unspecified atom stereocenters. The first kappa shape index (κ1) is 20.2. The number of thiophene rings is 1. The first-order valence-corrected chi connectivity index (χ1v) is 11.9. The average Bonchev–Trinajstić information content (AvgIpc) is 3.36. The summed E-state index contributed by atoms with van der Waals surface area (Å²) in [5.74, 6) is 0.289. The summed E-state index contributed by atoms with van der Waals surface area (Å²) in [7, 11) is 0. The van der Waals surface area contributed by atoms with Crippen LogP contribution in [0.25, 0.3) is 10.2 Å². The molecule has 7 heteroatoms. The number of amides is 2. The summed E-state index contributed by atoms with van der Waals surface area (Å²) in [6, 6.07) is 7.98. The van der Waals surface area contributed by atoms with Crippen LogP contribution in [0, 0.1) is 5.92 Å². The first-order valence-electron chi connectivity index (χ1n) is 11.1. The number of nitrogens with zero attached hydrogens (tertiary/aromatic N) is 3. The van der Waals surface area contributed by atoms with E-state index in [-0.39, 0.29) is 17.9 Å². The maximum atomic E-state index is 13.8. The standard InChI is InChI=1S/C24H28N4O2S/c1-16-6-3-4-8-18(16)26-23(30)24(2)15-27-19-9-11-31-21(19)12-20(27)22(29)28(24)14-17-7-5-10-25-13-17/h5,7,9-13,16,18H,3-4,6,8,14-15H2,1-2H3,(H,26,30)/t16-,18-,24+/m1/s1. The van der Waals surface area contributed by atoms with Gasteiger partial charge in [-0.2, -0.15) is 0 Å². The second kappa shape index (κ2) is 7.79. The van der Waals surface area contributed by atoms with Crippen molar-refractivity contribution in [3.8, 4) is 0 Å². The lowest BCUT2D eigenvalue weighted by Crippen LogP contribution is -2.65. The van der Waals surface area contributed by atoms with Gasteiger partial charge in [0.1, 0.15) is 11.2 Å². The minimum absolute atomic E-state index is 0.0637. The molecule has 5 rings (SSSR count). The van der Waals surface area contributed by atoms with Crippen LogP contribution in [0.5, 0.6) is 0 Å². The van der Waals surface area contributed by atoms with E-state index in [1.807, 2.05) is 41.1 Å². The Hall–Kier alpha value is -2.67. The summed E-state index contributed by atoms with van der Waals surface area (Å²) in [5.41, 5.74) is 1.62. The van der Waals surface area contributed by atoms with Gasteiger partial charge in [-0.1, -0.05) is 25.8 Å². The summed E-state index contributed by atoms with van der Waals surface area (Å²) < 4.78 is 3.10. The molecule has 0 bridgehead atoms. The molecule has 31 heavy (non-hydrogen) atoms. The molecule has 1 N–H and O–H groups in total. The number of aromatic nitrogens is 2. The predicted octanol–water partition coefficient (Wildman–Crippen LogP) is 4.21. The Morgan fingerprint density at radius 3 is 2.94 bits per heavy atom. The van der Waals surface area contributed by atoms with Gasteiger partial charge < -0.3 is 14.8 Å². The second-order valence-corrected chi connectivity index (χ2v) is 10.1. The third-order valence-electron chi connectivity index (χ3n) is 7.03. The molecule has 0 aromatic carbocycles. The lowest BCUT2D eigenvalue weighted by molar-refractivity contribution is -0.134. The quantitative estimate of drug-likeness (QED) is 0.666. The average molecular weight is 437 g/mol. The Labute approximate surface area is 186 Å². The van der Waals surface area contributed by atoms with Gasteiger partial charge in [-0.15, -0.1) is 11.3 Å². The lowest BCUT2D eigenvalue weighted by atomic mass is 9.85. The molecule has 0 radical (unpaired) electrons. The summed E-state index contributed by atoms with van der Waals surface area (Å²) in [4.78, 5) is 33.4. The maximum absolute atomic E-state index is 13.8. The van der Waals surface area contributed by atoms with E-state index in [2.05, 4.69) is 17.2 Å². The fourth-order valence-electron chi connectivity index (χ4n) is 5.05. The molecule has 3 aromatic rings. The van der Waals surface area contributed by atoms with Gasteiger partial charge >= 0.3 is 0 Å². The fraction of sp³-hybridized carbons (Fsp3) is 0.458. The molecule has 1 fully saturated rings. The largest absolute Gasteiger partial charge is 0.351 e. The van der Waals surface area contributed by atoms with E-state index in [0.29, 0.717) is 24.7 Å². The normalized spacial score (nSPS) is 26.1. The minimum Gasteiger partial charge on any atom is -0.351 e. The molecule has 4 heterocycles. The Balaban J connectivity index is 1.53. The number of carbonyl (C=O) groups is 2. The smallest absolute Gasteiger partial charge is 0.271 e. The minimum atomic E-state index is -0.981. The monoisotopic (exact) mass is 436 g/mol. The van der Waals surface area contributed by atoms with Gasteiger partial charge in [0.25, 0.3) is 5.91 Å². The highest BCUT2D eigenvalue weighted by Gasteiger charge is 2.48. The molecule has 1 aliphatic heterocycles. The van der Waals surface area contributed by atoms with Gasteiger partial charge in [-0.25, -0.2) is 0 Å². The zero-order valence-corrected chi connectivity index (χ0v) is 18.8. The van der Waals surface area contributed by atoms with Crippen molar-refractivity contribution in [1.82, 2.24) is 19.8 Å². The number of pyridine rings is 1. The van der Waals surface area contributed by atoms with E-state index >= 15 is 0 Å². The van der Waals surface area contributed by atoms with Crippen LogP contribution in [0.15, 0.2) is 42.0 Å². The number of hydrogen-bond acceptors (Lipinski definition) is 4.